The molecule has 0 fully saturated rings. The van der Waals surface area contributed by atoms with Crippen molar-refractivity contribution in [1.82, 2.24) is 14.6 Å². The largest absolute Gasteiger partial charge is 0.416 e. The van der Waals surface area contributed by atoms with Gasteiger partial charge in [0.25, 0.3) is 5.91 Å². The minimum absolute atomic E-state index is 0.0233. The third-order valence-corrected chi connectivity index (χ3v) is 7.04. The van der Waals surface area contributed by atoms with Crippen LogP contribution in [0.5, 0.6) is 0 Å². The highest BCUT2D eigenvalue weighted by Crippen LogP contribution is 2.32. The molecule has 3 aromatic rings. The molecule has 0 saturated heterocycles. The fourth-order valence-corrected chi connectivity index (χ4v) is 4.51. The maximum absolute atomic E-state index is 13.3. The number of pyridine rings is 1. The van der Waals surface area contributed by atoms with Gasteiger partial charge in [-0.15, -0.1) is 0 Å². The van der Waals surface area contributed by atoms with Crippen LogP contribution >= 0.6 is 0 Å². The molecule has 1 heterocycles. The summed E-state index contributed by atoms with van der Waals surface area (Å²) in [6.07, 6.45) is -1.60. The van der Waals surface area contributed by atoms with Gasteiger partial charge in [-0.25, -0.2) is 8.93 Å². The van der Waals surface area contributed by atoms with Crippen LogP contribution in [0.25, 0.3) is 11.1 Å². The van der Waals surface area contributed by atoms with Gasteiger partial charge in [-0.1, -0.05) is 24.3 Å². The first-order valence-corrected chi connectivity index (χ1v) is 12.4. The molecule has 188 valence electrons. The third kappa shape index (κ3) is 5.60. The molecule has 2 N–H and O–H groups in total. The van der Waals surface area contributed by atoms with E-state index in [2.05, 4.69) is 15.9 Å². The zero-order valence-electron chi connectivity index (χ0n) is 19.5. The molecular weight excluding hydrogens is 493 g/mol. The number of alkyl halides is 3. The quantitative estimate of drug-likeness (QED) is 0.283. The Hall–Kier alpha value is -4.04. The lowest BCUT2D eigenvalue weighted by atomic mass is 9.99. The van der Waals surface area contributed by atoms with Crippen LogP contribution in [0.15, 0.2) is 64.4 Å². The van der Waals surface area contributed by atoms with Crippen LogP contribution in [0.4, 0.5) is 13.2 Å². The van der Waals surface area contributed by atoms with Gasteiger partial charge >= 0.3 is 6.18 Å². The SMILES string of the molecule is C=S(=O)(NC#N)c1ccc(CNC(=O)c2cn(CC)c(C)c(-c3cccc(C(F)(F)F)c3)c2=O)cc1. The van der Waals surface area contributed by atoms with E-state index in [1.165, 1.54) is 30.5 Å². The van der Waals surface area contributed by atoms with Crippen LogP contribution in [0.1, 0.15) is 34.1 Å². The molecule has 7 nitrogen and oxygen atoms in total. The summed E-state index contributed by atoms with van der Waals surface area (Å²) in [5, 5.41) is 11.3. The molecule has 1 atom stereocenters. The van der Waals surface area contributed by atoms with Crippen molar-refractivity contribution < 1.29 is 22.2 Å². The third-order valence-electron chi connectivity index (χ3n) is 5.58. The summed E-state index contributed by atoms with van der Waals surface area (Å²) in [6.45, 7) is 3.83. The number of aromatic nitrogens is 1. The van der Waals surface area contributed by atoms with E-state index in [4.69, 9.17) is 5.26 Å². The Labute approximate surface area is 206 Å². The number of amides is 1. The molecular formula is C25H23F3N4O3S. The molecule has 0 bridgehead atoms. The number of hydrogen-bond acceptors (Lipinski definition) is 4. The predicted molar refractivity (Wildman–Crippen MR) is 131 cm³/mol. The maximum atomic E-state index is 13.3. The van der Waals surface area contributed by atoms with E-state index < -0.39 is 32.8 Å². The number of halogens is 3. The summed E-state index contributed by atoms with van der Waals surface area (Å²) in [4.78, 5) is 26.5. The number of carbonyl (C=O) groups is 1. The van der Waals surface area contributed by atoms with Crippen LogP contribution in [0.3, 0.4) is 0 Å². The topological polar surface area (TPSA) is 104 Å². The molecule has 0 aliphatic heterocycles. The van der Waals surface area contributed by atoms with Crippen LogP contribution in [0, 0.1) is 18.4 Å². The number of aryl methyl sites for hydroxylation is 1. The molecule has 1 amide bonds. The first-order valence-electron chi connectivity index (χ1n) is 10.7. The van der Waals surface area contributed by atoms with Gasteiger partial charge in [0.2, 0.25) is 5.43 Å². The minimum Gasteiger partial charge on any atom is -0.350 e. The van der Waals surface area contributed by atoms with Crippen molar-refractivity contribution in [3.63, 3.8) is 0 Å². The van der Waals surface area contributed by atoms with Crippen LogP contribution in [-0.2, 0) is 29.0 Å². The second-order valence-corrected chi connectivity index (χ2v) is 9.94. The van der Waals surface area contributed by atoms with E-state index in [9.17, 15) is 27.0 Å². The number of nitrogens with zero attached hydrogens (tertiary/aromatic N) is 2. The summed E-state index contributed by atoms with van der Waals surface area (Å²) >= 11 is 0. The Morgan fingerprint density at radius 2 is 1.86 bits per heavy atom. The Balaban J connectivity index is 1.93. The summed E-state index contributed by atoms with van der Waals surface area (Å²) in [7, 11) is -2.98. The van der Waals surface area contributed by atoms with Crippen molar-refractivity contribution in [3.05, 3.63) is 87.3 Å². The number of hydrogen-bond donors (Lipinski definition) is 2. The van der Waals surface area contributed by atoms with Crippen molar-refractivity contribution in [2.24, 2.45) is 0 Å². The maximum Gasteiger partial charge on any atom is 0.416 e. The van der Waals surface area contributed by atoms with Gasteiger partial charge in [-0.3, -0.25) is 9.59 Å². The zero-order chi connectivity index (χ0) is 26.7. The van der Waals surface area contributed by atoms with E-state index in [1.807, 2.05) is 0 Å². The zero-order valence-corrected chi connectivity index (χ0v) is 20.3. The number of nitrogens with one attached hydrogen (secondary N) is 2. The van der Waals surface area contributed by atoms with Crippen LogP contribution in [0.2, 0.25) is 0 Å². The summed E-state index contributed by atoms with van der Waals surface area (Å²) in [5.74, 6) is 2.80. The van der Waals surface area contributed by atoms with E-state index >= 15 is 0 Å². The first-order chi connectivity index (χ1) is 16.9. The van der Waals surface area contributed by atoms with Crippen molar-refractivity contribution in [2.75, 3.05) is 0 Å². The molecule has 36 heavy (non-hydrogen) atoms. The van der Waals surface area contributed by atoms with Gasteiger partial charge in [-0.05, 0) is 55.1 Å². The molecule has 0 spiro atoms. The van der Waals surface area contributed by atoms with E-state index in [1.54, 1.807) is 36.7 Å². The van der Waals surface area contributed by atoms with Crippen molar-refractivity contribution in [2.45, 2.75) is 38.0 Å². The van der Waals surface area contributed by atoms with Gasteiger partial charge in [0.1, 0.15) is 5.56 Å². The molecule has 3 rings (SSSR count). The summed E-state index contributed by atoms with van der Waals surface area (Å²) in [5.41, 5.74) is -0.611. The fraction of sp³-hybridized carbons (Fsp3) is 0.200. The van der Waals surface area contributed by atoms with E-state index in [0.717, 1.165) is 12.1 Å². The molecule has 0 radical (unpaired) electrons. The molecule has 1 unspecified atom stereocenters. The second kappa shape index (κ2) is 10.3. The molecule has 11 heteroatoms. The highest BCUT2D eigenvalue weighted by molar-refractivity contribution is 7.98. The average Bonchev–Trinajstić information content (AvgIpc) is 2.83. The highest BCUT2D eigenvalue weighted by Gasteiger charge is 2.31. The van der Waals surface area contributed by atoms with Gasteiger partial charge in [0.15, 0.2) is 6.19 Å². The second-order valence-electron chi connectivity index (χ2n) is 7.91. The molecule has 1 aromatic heterocycles. The van der Waals surface area contributed by atoms with E-state index in [-0.39, 0.29) is 23.2 Å². The highest BCUT2D eigenvalue weighted by atomic mass is 32.2. The number of nitriles is 1. The first kappa shape index (κ1) is 26.6. The van der Waals surface area contributed by atoms with Crippen molar-refractivity contribution in [1.29, 1.82) is 5.26 Å². The normalized spacial score (nSPS) is 12.9. The molecule has 0 saturated carbocycles. The van der Waals surface area contributed by atoms with Crippen LogP contribution < -0.4 is 15.5 Å². The molecule has 0 aliphatic rings. The molecule has 0 aliphatic carbocycles. The Kier molecular flexibility index (Phi) is 7.59. The number of rotatable bonds is 7. The summed E-state index contributed by atoms with van der Waals surface area (Å²) < 4.78 is 55.8. The smallest absolute Gasteiger partial charge is 0.350 e. The van der Waals surface area contributed by atoms with Gasteiger partial charge in [0, 0.05) is 30.5 Å². The van der Waals surface area contributed by atoms with Crippen LogP contribution in [-0.4, -0.2) is 20.6 Å². The Morgan fingerprint density at radius 3 is 2.44 bits per heavy atom. The lowest BCUT2D eigenvalue weighted by Crippen LogP contribution is -2.31. The van der Waals surface area contributed by atoms with Gasteiger partial charge in [-0.2, -0.15) is 18.4 Å². The lowest BCUT2D eigenvalue weighted by molar-refractivity contribution is -0.137. The van der Waals surface area contributed by atoms with Gasteiger partial charge < -0.3 is 9.88 Å². The predicted octanol–water partition coefficient (Wildman–Crippen LogP) is 3.85. The van der Waals surface area contributed by atoms with Crippen molar-refractivity contribution in [3.8, 4) is 17.3 Å². The summed E-state index contributed by atoms with van der Waals surface area (Å²) in [6, 6.07) is 10.6. The monoisotopic (exact) mass is 516 g/mol. The Morgan fingerprint density at radius 1 is 1.19 bits per heavy atom. The Bertz CT molecular complexity index is 1500. The lowest BCUT2D eigenvalue weighted by Gasteiger charge is -2.17. The fourth-order valence-electron chi connectivity index (χ4n) is 3.67. The van der Waals surface area contributed by atoms with Gasteiger partial charge in [0.05, 0.1) is 20.2 Å². The average molecular weight is 517 g/mol. The van der Waals surface area contributed by atoms with E-state index in [0.29, 0.717) is 22.7 Å². The number of carbonyl (C=O) groups excluding carboxylic acids is 1. The number of benzene rings is 2. The molecule has 2 aromatic carbocycles. The standard InChI is InChI=1S/C25H23F3N4O3S/c1-4-32-14-21(23(33)22(16(32)2)18-6-5-7-19(12-18)25(26,27)28)24(34)30-13-17-8-10-20(11-9-17)36(3,35)31-15-29/h5-12,14H,3-4,13H2,1-2H3,(H,30,34)(H,31,35). The van der Waals surface area contributed by atoms with Crippen molar-refractivity contribution >= 4 is 21.5 Å². The minimum atomic E-state index is -4.58.